The highest BCUT2D eigenvalue weighted by atomic mass is 16.4. The number of carboxylic acids is 1. The Bertz CT molecular complexity index is 530. The molecule has 0 spiro atoms. The van der Waals surface area contributed by atoms with Gasteiger partial charge >= 0.3 is 5.97 Å². The minimum absolute atomic E-state index is 0.138. The number of carbonyl (C=O) groups is 2. The van der Waals surface area contributed by atoms with Crippen LogP contribution in [0.15, 0.2) is 0 Å². The second kappa shape index (κ2) is 21.0. The van der Waals surface area contributed by atoms with E-state index >= 15 is 0 Å². The number of carboxylic acid groups (broad SMARTS) is 1. The molecular formula is C30H61N2O3+. The third kappa shape index (κ3) is 16.3. The summed E-state index contributed by atoms with van der Waals surface area (Å²) in [4.78, 5) is 24.5. The summed E-state index contributed by atoms with van der Waals surface area (Å²) < 4.78 is 0.182. The molecule has 0 bridgehead atoms. The van der Waals surface area contributed by atoms with E-state index in [4.69, 9.17) is 0 Å². The fraction of sp³-hybridized carbons (Fsp3) is 0.933. The number of likely N-dealkylation sites (N-methyl/N-ethyl adjacent to an activating group) is 1. The van der Waals surface area contributed by atoms with Gasteiger partial charge in [-0.3, -0.25) is 14.6 Å². The lowest BCUT2D eigenvalue weighted by atomic mass is 9.99. The first kappa shape index (κ1) is 33.9. The van der Waals surface area contributed by atoms with Crippen LogP contribution in [0.5, 0.6) is 0 Å². The average molecular weight is 498 g/mol. The van der Waals surface area contributed by atoms with E-state index in [2.05, 4.69) is 12.2 Å². The lowest BCUT2D eigenvalue weighted by molar-refractivity contribution is -0.917. The summed E-state index contributed by atoms with van der Waals surface area (Å²) in [5, 5.41) is 12.7. The van der Waals surface area contributed by atoms with Crippen LogP contribution in [0.25, 0.3) is 0 Å². The maximum atomic E-state index is 12.5. The molecule has 0 aromatic heterocycles. The van der Waals surface area contributed by atoms with Crippen LogP contribution in [0.4, 0.5) is 0 Å². The molecule has 0 radical (unpaired) electrons. The summed E-state index contributed by atoms with van der Waals surface area (Å²) in [5.41, 5.74) is -1.25. The van der Waals surface area contributed by atoms with E-state index in [1.165, 1.54) is 109 Å². The number of nitrogens with zero attached hydrogens (tertiary/aromatic N) is 1. The van der Waals surface area contributed by atoms with Crippen molar-refractivity contribution >= 4 is 11.9 Å². The van der Waals surface area contributed by atoms with Crippen molar-refractivity contribution < 1.29 is 19.2 Å². The van der Waals surface area contributed by atoms with Crippen LogP contribution in [-0.4, -0.2) is 48.3 Å². The highest BCUT2D eigenvalue weighted by Crippen LogP contribution is 2.23. The number of nitrogens with one attached hydrogen (secondary N) is 1. The predicted molar refractivity (Wildman–Crippen MR) is 149 cm³/mol. The lowest BCUT2D eigenvalue weighted by Gasteiger charge is -2.43. The van der Waals surface area contributed by atoms with Crippen LogP contribution in [-0.2, 0) is 9.59 Å². The molecule has 0 aliphatic heterocycles. The van der Waals surface area contributed by atoms with Crippen molar-refractivity contribution in [1.82, 2.24) is 5.32 Å². The van der Waals surface area contributed by atoms with Gasteiger partial charge in [0.25, 0.3) is 5.66 Å². The third-order valence-electron chi connectivity index (χ3n) is 7.46. The molecule has 0 rings (SSSR count). The van der Waals surface area contributed by atoms with Crippen LogP contribution < -0.4 is 5.32 Å². The van der Waals surface area contributed by atoms with Gasteiger partial charge in [-0.15, -0.1) is 0 Å². The van der Waals surface area contributed by atoms with Gasteiger partial charge in [0.05, 0.1) is 21.1 Å². The van der Waals surface area contributed by atoms with Crippen molar-refractivity contribution in [2.75, 3.05) is 21.1 Å². The van der Waals surface area contributed by atoms with Crippen molar-refractivity contribution in [2.24, 2.45) is 0 Å². The molecule has 5 nitrogen and oxygen atoms in total. The first-order chi connectivity index (χ1) is 16.7. The first-order valence-corrected chi connectivity index (χ1v) is 15.1. The van der Waals surface area contributed by atoms with Gasteiger partial charge < -0.3 is 5.11 Å². The van der Waals surface area contributed by atoms with Crippen LogP contribution in [0, 0.1) is 0 Å². The standard InChI is InChI=1S/C30H60N2O3/c1-6-8-9-10-11-12-13-14-15-16-17-18-19-20-21-22-23-24-25-26-28(33)31-30(27-7-2,29(34)35)32(3,4)5/h6-27H2,1-5H3,(H-,31,33,34,35)/p+1. The summed E-state index contributed by atoms with van der Waals surface area (Å²) in [6.45, 7) is 4.24. The van der Waals surface area contributed by atoms with E-state index in [0.29, 0.717) is 19.3 Å². The first-order valence-electron chi connectivity index (χ1n) is 15.1. The number of carbonyl (C=O) groups excluding carboxylic acids is 1. The summed E-state index contributed by atoms with van der Waals surface area (Å²) >= 11 is 0. The molecule has 0 aliphatic rings. The zero-order valence-corrected chi connectivity index (χ0v) is 24.3. The van der Waals surface area contributed by atoms with Crippen LogP contribution in [0.1, 0.15) is 155 Å². The second-order valence-corrected chi connectivity index (χ2v) is 11.6. The Morgan fingerprint density at radius 2 is 0.943 bits per heavy atom. The van der Waals surface area contributed by atoms with Gasteiger partial charge in [-0.25, -0.2) is 4.79 Å². The van der Waals surface area contributed by atoms with E-state index in [-0.39, 0.29) is 10.4 Å². The molecule has 0 fully saturated rings. The molecule has 0 aliphatic carbocycles. The zero-order valence-electron chi connectivity index (χ0n) is 24.3. The van der Waals surface area contributed by atoms with Gasteiger partial charge in [-0.2, -0.15) is 0 Å². The number of hydrogen-bond acceptors (Lipinski definition) is 2. The van der Waals surface area contributed by atoms with E-state index in [1.54, 1.807) is 0 Å². The Labute approximate surface area is 218 Å². The molecule has 5 heteroatoms. The van der Waals surface area contributed by atoms with Gasteiger partial charge in [0.1, 0.15) is 0 Å². The zero-order chi connectivity index (χ0) is 26.4. The fourth-order valence-corrected chi connectivity index (χ4v) is 5.03. The molecule has 1 atom stereocenters. The van der Waals surface area contributed by atoms with Crippen LogP contribution >= 0.6 is 0 Å². The number of unbranched alkanes of at least 4 members (excludes halogenated alkanes) is 18. The molecule has 0 heterocycles. The van der Waals surface area contributed by atoms with Crippen molar-refractivity contribution in [3.63, 3.8) is 0 Å². The van der Waals surface area contributed by atoms with Gasteiger partial charge in [0.2, 0.25) is 5.91 Å². The highest BCUT2D eigenvalue weighted by Gasteiger charge is 2.51. The summed E-state index contributed by atoms with van der Waals surface area (Å²) in [5.74, 6) is -1.09. The molecule has 1 amide bonds. The monoisotopic (exact) mass is 497 g/mol. The number of amides is 1. The number of hydrogen-bond donors (Lipinski definition) is 2. The van der Waals surface area contributed by atoms with Crippen LogP contribution in [0.2, 0.25) is 0 Å². The molecule has 208 valence electrons. The molecule has 0 aromatic carbocycles. The maximum absolute atomic E-state index is 12.5. The van der Waals surface area contributed by atoms with Gasteiger partial charge in [-0.1, -0.05) is 129 Å². The van der Waals surface area contributed by atoms with Crippen molar-refractivity contribution in [3.8, 4) is 0 Å². The maximum Gasteiger partial charge on any atom is 0.388 e. The SMILES string of the molecule is CCCCCCCCCCCCCCCCCCCCCC(=O)NC(CCC)(C(=O)O)[N+](C)(C)C. The molecule has 0 saturated carbocycles. The fourth-order valence-electron chi connectivity index (χ4n) is 5.03. The van der Waals surface area contributed by atoms with E-state index in [0.717, 1.165) is 12.8 Å². The molecular weight excluding hydrogens is 436 g/mol. The van der Waals surface area contributed by atoms with Gasteiger partial charge in [0, 0.05) is 12.8 Å². The molecule has 35 heavy (non-hydrogen) atoms. The molecule has 0 saturated heterocycles. The minimum atomic E-state index is -1.25. The number of rotatable bonds is 25. The largest absolute Gasteiger partial charge is 0.475 e. The smallest absolute Gasteiger partial charge is 0.388 e. The predicted octanol–water partition coefficient (Wildman–Crippen LogP) is 8.21. The minimum Gasteiger partial charge on any atom is -0.475 e. The van der Waals surface area contributed by atoms with Crippen molar-refractivity contribution in [3.05, 3.63) is 0 Å². The third-order valence-corrected chi connectivity index (χ3v) is 7.46. The van der Waals surface area contributed by atoms with E-state index in [1.807, 2.05) is 28.1 Å². The summed E-state index contributed by atoms with van der Waals surface area (Å²) in [7, 11) is 5.50. The van der Waals surface area contributed by atoms with Crippen molar-refractivity contribution in [1.29, 1.82) is 0 Å². The van der Waals surface area contributed by atoms with E-state index in [9.17, 15) is 14.7 Å². The summed E-state index contributed by atoms with van der Waals surface area (Å²) in [6, 6.07) is 0. The van der Waals surface area contributed by atoms with Crippen LogP contribution in [0.3, 0.4) is 0 Å². The van der Waals surface area contributed by atoms with Gasteiger partial charge in [0.15, 0.2) is 0 Å². The van der Waals surface area contributed by atoms with Gasteiger partial charge in [-0.05, 0) is 12.8 Å². The normalized spacial score (nSPS) is 13.5. The quantitative estimate of drug-likeness (QED) is 0.0758. The number of quaternary nitrogens is 1. The Morgan fingerprint density at radius 3 is 1.23 bits per heavy atom. The second-order valence-electron chi connectivity index (χ2n) is 11.6. The topological polar surface area (TPSA) is 66.4 Å². The Morgan fingerprint density at radius 1 is 0.600 bits per heavy atom. The average Bonchev–Trinajstić information content (AvgIpc) is 2.79. The lowest BCUT2D eigenvalue weighted by Crippen LogP contribution is -2.71. The Balaban J connectivity index is 3.64. The van der Waals surface area contributed by atoms with E-state index < -0.39 is 11.6 Å². The molecule has 2 N–H and O–H groups in total. The highest BCUT2D eigenvalue weighted by molar-refractivity contribution is 5.85. The number of aliphatic carboxylic acids is 1. The Kier molecular flexibility index (Phi) is 20.4. The Hall–Kier alpha value is -1.10. The molecule has 1 unspecified atom stereocenters. The summed E-state index contributed by atoms with van der Waals surface area (Å²) in [6.07, 6.45) is 26.8. The molecule has 0 aromatic rings. The van der Waals surface area contributed by atoms with Crippen molar-refractivity contribution in [2.45, 2.75) is 161 Å².